The lowest BCUT2D eigenvalue weighted by atomic mass is 9.97. The van der Waals surface area contributed by atoms with Gasteiger partial charge in [0.2, 0.25) is 5.95 Å². The van der Waals surface area contributed by atoms with Crippen LogP contribution in [0.3, 0.4) is 0 Å². The lowest BCUT2D eigenvalue weighted by molar-refractivity contribution is 0.669. The summed E-state index contributed by atoms with van der Waals surface area (Å²) in [5.41, 5.74) is 6.63. The third-order valence-corrected chi connectivity index (χ3v) is 11.7. The van der Waals surface area contributed by atoms with Gasteiger partial charge in [-0.25, -0.2) is 4.98 Å². The summed E-state index contributed by atoms with van der Waals surface area (Å²) in [5.74, 6) is 0.295. The molecule has 0 bridgehead atoms. The highest BCUT2D eigenvalue weighted by molar-refractivity contribution is 6.24. The zero-order valence-corrected chi connectivity index (χ0v) is 33.1. The fraction of sp³-hybridized carbons (Fsp3) is 0. The van der Waals surface area contributed by atoms with Crippen molar-refractivity contribution in [2.45, 2.75) is 0 Å². The number of furan rings is 1. The molecule has 13 rings (SSSR count). The van der Waals surface area contributed by atoms with Gasteiger partial charge in [0.1, 0.15) is 11.2 Å². The summed E-state index contributed by atoms with van der Waals surface area (Å²) >= 11 is 0. The Balaban J connectivity index is 1.24. The Kier molecular flexibility index (Phi) is 5.89. The molecule has 6 nitrogen and oxygen atoms in total. The van der Waals surface area contributed by atoms with Crippen molar-refractivity contribution in [2.24, 2.45) is 0 Å². The highest BCUT2D eigenvalue weighted by Gasteiger charge is 2.25. The van der Waals surface area contributed by atoms with Gasteiger partial charge < -0.3 is 8.98 Å². The Morgan fingerprint density at radius 3 is 1.54 bits per heavy atom. The Hall–Kier alpha value is -8.61. The summed E-state index contributed by atoms with van der Waals surface area (Å²) in [4.78, 5) is 15.5. The summed E-state index contributed by atoms with van der Waals surface area (Å²) in [5, 5.41) is 1.42. The van der Waals surface area contributed by atoms with Crippen molar-refractivity contribution in [3.63, 3.8) is 0 Å². The van der Waals surface area contributed by atoms with E-state index >= 15 is 0 Å². The van der Waals surface area contributed by atoms with Gasteiger partial charge in [-0.05, 0) is 58.6 Å². The van der Waals surface area contributed by atoms with Crippen LogP contribution in [0.25, 0.3) is 122 Å². The van der Waals surface area contributed by atoms with E-state index in [1.807, 2.05) is 152 Å². The minimum absolute atomic E-state index is 0.00610. The Morgan fingerprint density at radius 1 is 0.381 bits per heavy atom. The van der Waals surface area contributed by atoms with Gasteiger partial charge in [-0.1, -0.05) is 176 Å². The van der Waals surface area contributed by atoms with E-state index in [4.69, 9.17) is 24.9 Å². The van der Waals surface area contributed by atoms with Gasteiger partial charge in [-0.15, -0.1) is 0 Å². The number of benzene rings is 9. The third-order valence-electron chi connectivity index (χ3n) is 11.7. The maximum atomic E-state index is 9.83. The van der Waals surface area contributed by atoms with Crippen LogP contribution in [-0.2, 0) is 0 Å². The lowest BCUT2D eigenvalue weighted by Crippen LogP contribution is -2.07. The molecule has 6 heteroatoms. The van der Waals surface area contributed by atoms with E-state index in [1.165, 1.54) is 4.57 Å². The van der Waals surface area contributed by atoms with E-state index < -0.39 is 60.4 Å². The van der Waals surface area contributed by atoms with Gasteiger partial charge in [-0.3, -0.25) is 4.57 Å². The van der Waals surface area contributed by atoms with Crippen molar-refractivity contribution in [1.82, 2.24) is 24.1 Å². The van der Waals surface area contributed by atoms with Gasteiger partial charge in [0, 0.05) is 49.1 Å². The van der Waals surface area contributed by atoms with Crippen LogP contribution >= 0.6 is 0 Å². The van der Waals surface area contributed by atoms with Crippen molar-refractivity contribution < 1.29 is 18.1 Å². The molecule has 4 heterocycles. The number of hydrogen-bond acceptors (Lipinski definition) is 4. The zero-order chi connectivity index (χ0) is 50.1. The predicted octanol–water partition coefficient (Wildman–Crippen LogP) is 14.6. The van der Waals surface area contributed by atoms with Crippen LogP contribution in [0, 0.1) is 0 Å². The minimum atomic E-state index is -0.562. The van der Waals surface area contributed by atoms with Crippen molar-refractivity contribution in [1.29, 1.82) is 0 Å². The lowest BCUT2D eigenvalue weighted by Gasteiger charge is -2.14. The van der Waals surface area contributed by atoms with Crippen molar-refractivity contribution in [3.05, 3.63) is 212 Å². The molecule has 0 unspecified atom stereocenters. The standard InChI is InChI=1S/C57H35N5O/c1-4-16-36(17-5-1)37-30-32-40(33-31-37)61-47-26-12-10-22-42(47)44-34-35-45-43-23-11-13-27-48(43)62(54(45)53(44)61)57-59-55(39-20-8-3-9-21-39)58-56(60-57)46-25-15-29-50-52(46)51-41(24-14-28-49(51)63-50)38-18-6-2-7-19-38/h1-35H/i10D,11D,12D,13D,22D,23D,26D,27D,34D,35D. The molecule has 0 radical (unpaired) electrons. The molecule has 0 N–H and O–H groups in total. The van der Waals surface area contributed by atoms with Crippen molar-refractivity contribution in [3.8, 4) is 56.7 Å². The molecular formula is C57H35N5O. The molecule has 0 atom stereocenters. The number of rotatable bonds is 6. The van der Waals surface area contributed by atoms with Crippen LogP contribution in [0.4, 0.5) is 0 Å². The first kappa shape index (κ1) is 26.6. The van der Waals surface area contributed by atoms with Crippen LogP contribution in [-0.4, -0.2) is 24.1 Å². The second-order valence-electron chi connectivity index (χ2n) is 15.2. The van der Waals surface area contributed by atoms with Gasteiger partial charge in [0.15, 0.2) is 11.6 Å². The maximum Gasteiger partial charge on any atom is 0.238 e. The molecule has 0 aliphatic heterocycles. The van der Waals surface area contributed by atoms with Gasteiger partial charge >= 0.3 is 0 Å². The van der Waals surface area contributed by atoms with Gasteiger partial charge in [0.25, 0.3) is 0 Å². The average molecular weight is 816 g/mol. The fourth-order valence-electron chi connectivity index (χ4n) is 8.91. The molecule has 0 saturated heterocycles. The van der Waals surface area contributed by atoms with E-state index in [9.17, 15) is 8.22 Å². The van der Waals surface area contributed by atoms with Crippen molar-refractivity contribution >= 4 is 65.6 Å². The summed E-state index contributed by atoms with van der Waals surface area (Å²) in [6.07, 6.45) is 0. The average Bonchev–Trinajstić information content (AvgIpc) is 4.12. The molecule has 4 aromatic heterocycles. The first-order valence-electron chi connectivity index (χ1n) is 25.4. The summed E-state index contributed by atoms with van der Waals surface area (Å²) in [6.45, 7) is 0. The second kappa shape index (κ2) is 14.0. The van der Waals surface area contributed by atoms with Gasteiger partial charge in [-0.2, -0.15) is 9.97 Å². The number of nitrogens with zero attached hydrogens (tertiary/aromatic N) is 5. The van der Waals surface area contributed by atoms with E-state index in [0.717, 1.165) is 27.6 Å². The van der Waals surface area contributed by atoms with E-state index in [1.54, 1.807) is 4.57 Å². The first-order valence-corrected chi connectivity index (χ1v) is 20.4. The van der Waals surface area contributed by atoms with Crippen LogP contribution in [0.5, 0.6) is 0 Å². The second-order valence-corrected chi connectivity index (χ2v) is 15.2. The molecular weight excluding hydrogens is 771 g/mol. The molecule has 0 aliphatic rings. The Morgan fingerprint density at radius 2 is 0.889 bits per heavy atom. The molecule has 0 fully saturated rings. The van der Waals surface area contributed by atoms with E-state index in [0.29, 0.717) is 33.4 Å². The van der Waals surface area contributed by atoms with E-state index in [-0.39, 0.29) is 61.2 Å². The monoisotopic (exact) mass is 815 g/mol. The quantitative estimate of drug-likeness (QED) is 0.168. The molecule has 9 aromatic carbocycles. The fourth-order valence-corrected chi connectivity index (χ4v) is 8.91. The van der Waals surface area contributed by atoms with E-state index in [2.05, 4.69) is 0 Å². The molecule has 0 aliphatic carbocycles. The normalized spacial score (nSPS) is 14.0. The molecule has 0 spiro atoms. The van der Waals surface area contributed by atoms with Gasteiger partial charge in [0.05, 0.1) is 35.8 Å². The van der Waals surface area contributed by atoms with Crippen molar-refractivity contribution in [2.75, 3.05) is 0 Å². The number of hydrogen-bond donors (Lipinski definition) is 0. The smallest absolute Gasteiger partial charge is 0.238 e. The molecule has 13 aromatic rings. The number of aromatic nitrogens is 5. The SMILES string of the molecule is [2H]c1c([2H])c([2H])c2c(c1[2H])c1c([2H])c([2H])c3c4c([2H])c([2H])c([2H])c([2H])c4n(-c4nc(-c5ccccc5)nc(-c5cccc6oc7cccc(-c8ccccc8)c7c56)n4)c3c1n2-c1ccc(-c2ccccc2)cc1. The summed E-state index contributed by atoms with van der Waals surface area (Å²) in [7, 11) is 0. The highest BCUT2D eigenvalue weighted by Crippen LogP contribution is 2.44. The van der Waals surface area contributed by atoms with Crippen LogP contribution in [0.15, 0.2) is 217 Å². The Labute approximate surface area is 375 Å². The first-order chi connectivity index (χ1) is 35.4. The molecule has 0 amide bonds. The topological polar surface area (TPSA) is 61.7 Å². The number of fused-ring (bicyclic) bond motifs is 10. The zero-order valence-electron chi connectivity index (χ0n) is 43.1. The minimum Gasteiger partial charge on any atom is -0.456 e. The predicted molar refractivity (Wildman–Crippen MR) is 258 cm³/mol. The number of para-hydroxylation sites is 2. The third kappa shape index (κ3) is 5.48. The summed E-state index contributed by atoms with van der Waals surface area (Å²) < 4.78 is 103. The van der Waals surface area contributed by atoms with Crippen LogP contribution in [0.1, 0.15) is 13.7 Å². The Bertz CT molecular complexity index is 4480. The maximum absolute atomic E-state index is 9.83. The molecule has 63 heavy (non-hydrogen) atoms. The molecule has 0 saturated carbocycles. The molecule has 294 valence electrons. The highest BCUT2D eigenvalue weighted by atomic mass is 16.3. The van der Waals surface area contributed by atoms with Crippen LogP contribution < -0.4 is 0 Å². The summed E-state index contributed by atoms with van der Waals surface area (Å²) in [6, 6.07) is 43.0. The largest absolute Gasteiger partial charge is 0.456 e. The van der Waals surface area contributed by atoms with Crippen LogP contribution in [0.2, 0.25) is 0 Å².